The van der Waals surface area contributed by atoms with Crippen LogP contribution in [0.25, 0.3) is 0 Å². The Kier molecular flexibility index (Phi) is 3.87. The van der Waals surface area contributed by atoms with Crippen molar-refractivity contribution in [2.45, 2.75) is 32.3 Å². The van der Waals surface area contributed by atoms with Gasteiger partial charge in [0.05, 0.1) is 11.7 Å². The van der Waals surface area contributed by atoms with Gasteiger partial charge in [-0.25, -0.2) is 4.79 Å². The van der Waals surface area contributed by atoms with E-state index in [0.717, 1.165) is 37.1 Å². The van der Waals surface area contributed by atoms with Crippen LogP contribution in [0.15, 0.2) is 18.2 Å². The summed E-state index contributed by atoms with van der Waals surface area (Å²) in [5, 5.41) is 21.9. The number of aliphatic hydroxyl groups excluding tert-OH is 1. The third kappa shape index (κ3) is 2.82. The standard InChI is InChI=1S/C14H19NO3/c1-9-7-11(5-6-12(9)14(17)18)15-8-10-3-2-4-13(10)16/h5-7,10,13,15-16H,2-4,8H2,1H3,(H,17,18). The molecule has 0 aromatic heterocycles. The van der Waals surface area contributed by atoms with Crippen LogP contribution in [-0.4, -0.2) is 28.8 Å². The SMILES string of the molecule is Cc1cc(NCC2CCCC2O)ccc1C(=O)O. The van der Waals surface area contributed by atoms with Crippen LogP contribution in [0.4, 0.5) is 5.69 Å². The zero-order valence-corrected chi connectivity index (χ0v) is 10.5. The van der Waals surface area contributed by atoms with Gasteiger partial charge in [-0.1, -0.05) is 6.42 Å². The van der Waals surface area contributed by atoms with E-state index in [4.69, 9.17) is 5.11 Å². The minimum atomic E-state index is -0.898. The lowest BCUT2D eigenvalue weighted by molar-refractivity contribution is 0.0696. The van der Waals surface area contributed by atoms with Crippen LogP contribution in [0, 0.1) is 12.8 Å². The van der Waals surface area contributed by atoms with Crippen molar-refractivity contribution in [2.75, 3.05) is 11.9 Å². The Bertz CT molecular complexity index is 445. The lowest BCUT2D eigenvalue weighted by Gasteiger charge is -2.16. The predicted molar refractivity (Wildman–Crippen MR) is 70.0 cm³/mol. The summed E-state index contributed by atoms with van der Waals surface area (Å²) in [4.78, 5) is 10.9. The molecule has 0 aliphatic heterocycles. The number of anilines is 1. The van der Waals surface area contributed by atoms with Gasteiger partial charge in [-0.3, -0.25) is 0 Å². The molecular formula is C14H19NO3. The van der Waals surface area contributed by atoms with Crippen LogP contribution in [0.1, 0.15) is 35.2 Å². The molecule has 0 spiro atoms. The Labute approximate surface area is 107 Å². The Morgan fingerprint density at radius 2 is 2.22 bits per heavy atom. The van der Waals surface area contributed by atoms with Crippen LogP contribution in [-0.2, 0) is 0 Å². The van der Waals surface area contributed by atoms with Gasteiger partial charge < -0.3 is 15.5 Å². The quantitative estimate of drug-likeness (QED) is 0.765. The molecule has 4 heteroatoms. The molecular weight excluding hydrogens is 230 g/mol. The summed E-state index contributed by atoms with van der Waals surface area (Å²) in [6.07, 6.45) is 2.84. The van der Waals surface area contributed by atoms with Crippen LogP contribution in [0.3, 0.4) is 0 Å². The summed E-state index contributed by atoms with van der Waals surface area (Å²) in [6, 6.07) is 5.23. The highest BCUT2D eigenvalue weighted by molar-refractivity contribution is 5.89. The monoisotopic (exact) mass is 249 g/mol. The number of carboxylic acids is 1. The zero-order chi connectivity index (χ0) is 13.1. The Balaban J connectivity index is 1.98. The van der Waals surface area contributed by atoms with Crippen molar-refractivity contribution in [3.8, 4) is 0 Å². The molecule has 0 radical (unpaired) electrons. The minimum Gasteiger partial charge on any atom is -0.478 e. The zero-order valence-electron chi connectivity index (χ0n) is 10.5. The number of aryl methyl sites for hydroxylation is 1. The van der Waals surface area contributed by atoms with Gasteiger partial charge in [0.25, 0.3) is 0 Å². The molecule has 1 aromatic rings. The molecule has 1 aliphatic rings. The second kappa shape index (κ2) is 5.40. The second-order valence-corrected chi connectivity index (χ2v) is 4.97. The first kappa shape index (κ1) is 12.9. The van der Waals surface area contributed by atoms with Crippen LogP contribution < -0.4 is 5.32 Å². The number of aliphatic hydroxyl groups is 1. The maximum Gasteiger partial charge on any atom is 0.335 e. The fourth-order valence-corrected chi connectivity index (χ4v) is 2.52. The summed E-state index contributed by atoms with van der Waals surface area (Å²) >= 11 is 0. The molecule has 2 rings (SSSR count). The lowest BCUT2D eigenvalue weighted by atomic mass is 10.1. The number of carboxylic acid groups (broad SMARTS) is 1. The highest BCUT2D eigenvalue weighted by Gasteiger charge is 2.24. The van der Waals surface area contributed by atoms with E-state index in [0.29, 0.717) is 11.5 Å². The predicted octanol–water partition coefficient (Wildman–Crippen LogP) is 2.27. The van der Waals surface area contributed by atoms with Gasteiger partial charge in [0.2, 0.25) is 0 Å². The van der Waals surface area contributed by atoms with Gasteiger partial charge in [-0.2, -0.15) is 0 Å². The largest absolute Gasteiger partial charge is 0.478 e. The van der Waals surface area contributed by atoms with Crippen molar-refractivity contribution in [1.82, 2.24) is 0 Å². The molecule has 1 aliphatic carbocycles. The summed E-state index contributed by atoms with van der Waals surface area (Å²) in [5.74, 6) is -0.588. The fourth-order valence-electron chi connectivity index (χ4n) is 2.52. The van der Waals surface area contributed by atoms with Crippen molar-refractivity contribution in [2.24, 2.45) is 5.92 Å². The third-order valence-electron chi connectivity index (χ3n) is 3.64. The van der Waals surface area contributed by atoms with Gasteiger partial charge in [-0.05, 0) is 43.5 Å². The van der Waals surface area contributed by atoms with Gasteiger partial charge in [0.1, 0.15) is 0 Å². The first-order chi connectivity index (χ1) is 8.58. The minimum absolute atomic E-state index is 0.197. The van der Waals surface area contributed by atoms with Crippen molar-refractivity contribution < 1.29 is 15.0 Å². The van der Waals surface area contributed by atoms with Crippen LogP contribution >= 0.6 is 0 Å². The van der Waals surface area contributed by atoms with Gasteiger partial charge in [0, 0.05) is 18.2 Å². The molecule has 0 amide bonds. The van der Waals surface area contributed by atoms with E-state index >= 15 is 0 Å². The molecule has 3 N–H and O–H groups in total. The average Bonchev–Trinajstić information content (AvgIpc) is 2.72. The highest BCUT2D eigenvalue weighted by Crippen LogP contribution is 2.26. The summed E-state index contributed by atoms with van der Waals surface area (Å²) in [5.41, 5.74) is 2.00. The molecule has 18 heavy (non-hydrogen) atoms. The normalized spacial score (nSPS) is 23.0. The van der Waals surface area contributed by atoms with Crippen molar-refractivity contribution in [3.05, 3.63) is 29.3 Å². The maximum absolute atomic E-state index is 10.9. The fraction of sp³-hybridized carbons (Fsp3) is 0.500. The second-order valence-electron chi connectivity index (χ2n) is 4.97. The summed E-state index contributed by atoms with van der Waals surface area (Å²) in [7, 11) is 0. The Hall–Kier alpha value is -1.55. The number of carbonyl (C=O) groups is 1. The van der Waals surface area contributed by atoms with Gasteiger partial charge in [-0.15, -0.1) is 0 Å². The molecule has 4 nitrogen and oxygen atoms in total. The molecule has 1 saturated carbocycles. The number of benzene rings is 1. The molecule has 0 bridgehead atoms. The van der Waals surface area contributed by atoms with E-state index in [1.807, 2.05) is 6.07 Å². The Morgan fingerprint density at radius 3 is 2.78 bits per heavy atom. The third-order valence-corrected chi connectivity index (χ3v) is 3.64. The van der Waals surface area contributed by atoms with Crippen molar-refractivity contribution >= 4 is 11.7 Å². The summed E-state index contributed by atoms with van der Waals surface area (Å²) in [6.45, 7) is 2.53. The van der Waals surface area contributed by atoms with Crippen molar-refractivity contribution in [1.29, 1.82) is 0 Å². The maximum atomic E-state index is 10.9. The van der Waals surface area contributed by atoms with E-state index in [9.17, 15) is 9.90 Å². The molecule has 0 saturated heterocycles. The number of hydrogen-bond donors (Lipinski definition) is 3. The molecule has 98 valence electrons. The smallest absolute Gasteiger partial charge is 0.335 e. The van der Waals surface area contributed by atoms with Gasteiger partial charge >= 0.3 is 5.97 Å². The lowest BCUT2D eigenvalue weighted by Crippen LogP contribution is -2.21. The number of nitrogens with one attached hydrogen (secondary N) is 1. The number of rotatable bonds is 4. The number of hydrogen-bond acceptors (Lipinski definition) is 3. The van der Waals surface area contributed by atoms with E-state index in [1.165, 1.54) is 0 Å². The summed E-state index contributed by atoms with van der Waals surface area (Å²) < 4.78 is 0. The first-order valence-corrected chi connectivity index (χ1v) is 6.34. The van der Waals surface area contributed by atoms with E-state index < -0.39 is 5.97 Å². The topological polar surface area (TPSA) is 69.6 Å². The molecule has 2 atom stereocenters. The van der Waals surface area contributed by atoms with Crippen molar-refractivity contribution in [3.63, 3.8) is 0 Å². The Morgan fingerprint density at radius 1 is 1.44 bits per heavy atom. The molecule has 0 heterocycles. The van der Waals surface area contributed by atoms with E-state index in [1.54, 1.807) is 19.1 Å². The molecule has 1 aromatic carbocycles. The highest BCUT2D eigenvalue weighted by atomic mass is 16.4. The van der Waals surface area contributed by atoms with E-state index in [-0.39, 0.29) is 6.10 Å². The van der Waals surface area contributed by atoms with E-state index in [2.05, 4.69) is 5.32 Å². The van der Waals surface area contributed by atoms with Crippen LogP contribution in [0.2, 0.25) is 0 Å². The molecule has 2 unspecified atom stereocenters. The first-order valence-electron chi connectivity index (χ1n) is 6.34. The van der Waals surface area contributed by atoms with Gasteiger partial charge in [0.15, 0.2) is 0 Å². The number of aromatic carboxylic acids is 1. The average molecular weight is 249 g/mol. The van der Waals surface area contributed by atoms with Crippen LogP contribution in [0.5, 0.6) is 0 Å². The molecule has 1 fully saturated rings.